The fourth-order valence-electron chi connectivity index (χ4n) is 1.54. The molecule has 1 heterocycles. The van der Waals surface area contributed by atoms with Crippen LogP contribution in [0.3, 0.4) is 0 Å². The summed E-state index contributed by atoms with van der Waals surface area (Å²) in [4.78, 5) is 8.51. The molecule has 0 bridgehead atoms. The smallest absolute Gasteiger partial charge is 0.232 e. The number of nitrogens with zero attached hydrogens (tertiary/aromatic N) is 3. The molecule has 120 valence electrons. The fourth-order valence-corrected chi connectivity index (χ4v) is 1.54. The molecule has 0 amide bonds. The van der Waals surface area contributed by atoms with Crippen LogP contribution in [0.25, 0.3) is 0 Å². The molecule has 7 heteroatoms. The van der Waals surface area contributed by atoms with E-state index in [1.54, 1.807) is 7.05 Å². The van der Waals surface area contributed by atoms with E-state index in [4.69, 9.17) is 9.26 Å². The van der Waals surface area contributed by atoms with Crippen LogP contribution >= 0.6 is 0 Å². The standard InChI is InChI=1S/C14H27N5O2/c1-6-20-9-7-8-16-13(15-5)17-10-11-18-12(21-19-11)14(2,3)4/h6-10H2,1-5H3,(H2,15,16,17). The lowest BCUT2D eigenvalue weighted by Gasteiger charge is -2.11. The number of aromatic nitrogens is 2. The van der Waals surface area contributed by atoms with E-state index in [0.717, 1.165) is 26.2 Å². The van der Waals surface area contributed by atoms with Crippen LogP contribution < -0.4 is 10.6 Å². The Bertz CT molecular complexity index is 437. The van der Waals surface area contributed by atoms with E-state index in [0.29, 0.717) is 24.2 Å². The molecule has 2 N–H and O–H groups in total. The lowest BCUT2D eigenvalue weighted by atomic mass is 9.97. The number of nitrogens with one attached hydrogen (secondary N) is 2. The zero-order chi connectivity index (χ0) is 15.7. The molecule has 0 aliphatic rings. The summed E-state index contributed by atoms with van der Waals surface area (Å²) < 4.78 is 10.5. The van der Waals surface area contributed by atoms with Crippen molar-refractivity contribution in [2.75, 3.05) is 26.8 Å². The zero-order valence-electron chi connectivity index (χ0n) is 13.7. The molecule has 0 saturated carbocycles. The van der Waals surface area contributed by atoms with E-state index in [9.17, 15) is 0 Å². The highest BCUT2D eigenvalue weighted by atomic mass is 16.5. The Hall–Kier alpha value is -1.63. The molecule has 0 fully saturated rings. The molecule has 0 atom stereocenters. The molecule has 1 aromatic rings. The van der Waals surface area contributed by atoms with Crippen molar-refractivity contribution in [1.29, 1.82) is 0 Å². The van der Waals surface area contributed by atoms with Crippen LogP contribution in [0.4, 0.5) is 0 Å². The van der Waals surface area contributed by atoms with E-state index < -0.39 is 0 Å². The average Bonchev–Trinajstić information content (AvgIpc) is 2.91. The van der Waals surface area contributed by atoms with Gasteiger partial charge in [-0.05, 0) is 13.3 Å². The van der Waals surface area contributed by atoms with Crippen LogP contribution in [0.15, 0.2) is 9.52 Å². The summed E-state index contributed by atoms with van der Waals surface area (Å²) in [5, 5.41) is 10.3. The topological polar surface area (TPSA) is 84.6 Å². The quantitative estimate of drug-likeness (QED) is 0.450. The Morgan fingerprint density at radius 1 is 1.33 bits per heavy atom. The molecule has 0 aliphatic heterocycles. The largest absolute Gasteiger partial charge is 0.382 e. The molecule has 21 heavy (non-hydrogen) atoms. The number of hydrogen-bond acceptors (Lipinski definition) is 5. The summed E-state index contributed by atoms with van der Waals surface area (Å²) in [6.07, 6.45) is 0.935. The molecule has 1 rings (SSSR count). The van der Waals surface area contributed by atoms with E-state index in [1.807, 2.05) is 27.7 Å². The fraction of sp³-hybridized carbons (Fsp3) is 0.786. The van der Waals surface area contributed by atoms with Crippen molar-refractivity contribution >= 4 is 5.96 Å². The van der Waals surface area contributed by atoms with Crippen molar-refractivity contribution in [1.82, 2.24) is 20.8 Å². The molecule has 0 aliphatic carbocycles. The Balaban J connectivity index is 2.33. The van der Waals surface area contributed by atoms with Crippen molar-refractivity contribution < 1.29 is 9.26 Å². The first-order valence-electron chi connectivity index (χ1n) is 7.32. The van der Waals surface area contributed by atoms with Crippen LogP contribution in [0.2, 0.25) is 0 Å². The van der Waals surface area contributed by atoms with Gasteiger partial charge in [0.05, 0.1) is 6.54 Å². The normalized spacial score (nSPS) is 12.5. The van der Waals surface area contributed by atoms with Gasteiger partial charge in [0.2, 0.25) is 5.89 Å². The molecule has 1 aromatic heterocycles. The maximum absolute atomic E-state index is 5.28. The lowest BCUT2D eigenvalue weighted by Crippen LogP contribution is -2.37. The molecule has 0 aromatic carbocycles. The zero-order valence-corrected chi connectivity index (χ0v) is 13.7. The summed E-state index contributed by atoms with van der Waals surface area (Å²) in [6, 6.07) is 0. The van der Waals surface area contributed by atoms with Crippen LogP contribution in [0.1, 0.15) is 45.8 Å². The predicted molar refractivity (Wildman–Crippen MR) is 82.3 cm³/mol. The Morgan fingerprint density at radius 3 is 2.67 bits per heavy atom. The van der Waals surface area contributed by atoms with E-state index >= 15 is 0 Å². The maximum atomic E-state index is 5.28. The average molecular weight is 297 g/mol. The molecular weight excluding hydrogens is 270 g/mol. The number of guanidine groups is 1. The van der Waals surface area contributed by atoms with E-state index in [2.05, 4.69) is 25.8 Å². The molecule has 0 unspecified atom stereocenters. The minimum atomic E-state index is -0.134. The van der Waals surface area contributed by atoms with Gasteiger partial charge in [-0.2, -0.15) is 4.98 Å². The van der Waals surface area contributed by atoms with Gasteiger partial charge in [-0.15, -0.1) is 0 Å². The van der Waals surface area contributed by atoms with Gasteiger partial charge in [0.25, 0.3) is 0 Å². The third-order valence-electron chi connectivity index (χ3n) is 2.71. The highest BCUT2D eigenvalue weighted by Crippen LogP contribution is 2.19. The lowest BCUT2D eigenvalue weighted by molar-refractivity contribution is 0.145. The molecule has 0 spiro atoms. The van der Waals surface area contributed by atoms with Crippen LogP contribution in [-0.4, -0.2) is 42.9 Å². The van der Waals surface area contributed by atoms with Gasteiger partial charge < -0.3 is 19.9 Å². The number of rotatable bonds is 7. The van der Waals surface area contributed by atoms with Crippen molar-refractivity contribution in [2.45, 2.75) is 46.1 Å². The van der Waals surface area contributed by atoms with Crippen molar-refractivity contribution in [3.8, 4) is 0 Å². The summed E-state index contributed by atoms with van der Waals surface area (Å²) in [5.41, 5.74) is -0.134. The number of hydrogen-bond donors (Lipinski definition) is 2. The van der Waals surface area contributed by atoms with Crippen molar-refractivity contribution in [2.24, 2.45) is 4.99 Å². The minimum Gasteiger partial charge on any atom is -0.382 e. The van der Waals surface area contributed by atoms with Gasteiger partial charge in [-0.3, -0.25) is 4.99 Å². The van der Waals surface area contributed by atoms with Crippen molar-refractivity contribution in [3.63, 3.8) is 0 Å². The molecule has 0 saturated heterocycles. The van der Waals surface area contributed by atoms with Crippen LogP contribution in [0, 0.1) is 0 Å². The van der Waals surface area contributed by atoms with Gasteiger partial charge in [0, 0.05) is 32.2 Å². The summed E-state index contributed by atoms with van der Waals surface area (Å²) in [6.45, 7) is 10.9. The minimum absolute atomic E-state index is 0.134. The van der Waals surface area contributed by atoms with E-state index in [1.165, 1.54) is 0 Å². The summed E-state index contributed by atoms with van der Waals surface area (Å²) in [7, 11) is 1.73. The molecular formula is C14H27N5O2. The first kappa shape index (κ1) is 17.4. The van der Waals surface area contributed by atoms with Gasteiger partial charge in [0.1, 0.15) is 0 Å². The second kappa shape index (κ2) is 8.61. The first-order chi connectivity index (χ1) is 9.97. The predicted octanol–water partition coefficient (Wildman–Crippen LogP) is 1.46. The second-order valence-corrected chi connectivity index (χ2v) is 5.67. The van der Waals surface area contributed by atoms with Crippen LogP contribution in [-0.2, 0) is 16.7 Å². The van der Waals surface area contributed by atoms with Gasteiger partial charge >= 0.3 is 0 Å². The SMILES string of the molecule is CCOCCCNC(=NC)NCc1noc(C(C)(C)C)n1. The Morgan fingerprint density at radius 2 is 2.10 bits per heavy atom. The Kier molecular flexibility index (Phi) is 7.14. The Labute approximate surface area is 126 Å². The highest BCUT2D eigenvalue weighted by molar-refractivity contribution is 5.79. The monoisotopic (exact) mass is 297 g/mol. The number of ether oxygens (including phenoxy) is 1. The molecule has 0 radical (unpaired) electrons. The summed E-state index contributed by atoms with van der Waals surface area (Å²) in [5.74, 6) is 1.98. The molecule has 7 nitrogen and oxygen atoms in total. The van der Waals surface area contributed by atoms with Crippen molar-refractivity contribution in [3.05, 3.63) is 11.7 Å². The maximum Gasteiger partial charge on any atom is 0.232 e. The number of aliphatic imine (C=N–C) groups is 1. The highest BCUT2D eigenvalue weighted by Gasteiger charge is 2.21. The van der Waals surface area contributed by atoms with Gasteiger partial charge in [-0.1, -0.05) is 25.9 Å². The second-order valence-electron chi connectivity index (χ2n) is 5.67. The first-order valence-corrected chi connectivity index (χ1v) is 7.32. The van der Waals surface area contributed by atoms with Gasteiger partial charge in [0.15, 0.2) is 11.8 Å². The summed E-state index contributed by atoms with van der Waals surface area (Å²) >= 11 is 0. The van der Waals surface area contributed by atoms with Gasteiger partial charge in [-0.25, -0.2) is 0 Å². The third kappa shape index (κ3) is 6.57. The third-order valence-corrected chi connectivity index (χ3v) is 2.71. The van der Waals surface area contributed by atoms with Crippen LogP contribution in [0.5, 0.6) is 0 Å². The van der Waals surface area contributed by atoms with E-state index in [-0.39, 0.29) is 5.41 Å².